The van der Waals surface area contributed by atoms with Crippen LogP contribution in [0.15, 0.2) is 30.1 Å². The summed E-state index contributed by atoms with van der Waals surface area (Å²) < 4.78 is 10.5. The second kappa shape index (κ2) is 11.1. The minimum absolute atomic E-state index is 0.104. The van der Waals surface area contributed by atoms with Crippen molar-refractivity contribution in [1.29, 1.82) is 0 Å². The van der Waals surface area contributed by atoms with E-state index in [9.17, 15) is 14.7 Å². The standard InChI is InChI=1S/C17H25N3O5/c1-12(7-16(18)23)19-9-14(22)10-25-15-5-3-13(4-6-15)8-17(24-2)20-11-21/h3-6,8,11-12,14,19,22H,7,9-10H2,1-2H3,(H2,18,23)(H,20,21). The van der Waals surface area contributed by atoms with E-state index in [2.05, 4.69) is 10.6 Å². The molecule has 0 saturated carbocycles. The van der Waals surface area contributed by atoms with Crippen molar-refractivity contribution in [2.24, 2.45) is 5.73 Å². The van der Waals surface area contributed by atoms with Crippen molar-refractivity contribution in [3.63, 3.8) is 0 Å². The van der Waals surface area contributed by atoms with Gasteiger partial charge in [-0.3, -0.25) is 14.9 Å². The van der Waals surface area contributed by atoms with Gasteiger partial charge in [-0.25, -0.2) is 0 Å². The molecule has 0 spiro atoms. The van der Waals surface area contributed by atoms with Crippen LogP contribution in [-0.2, 0) is 14.3 Å². The molecule has 1 rings (SSSR count). The number of aliphatic hydroxyl groups excluding tert-OH is 1. The van der Waals surface area contributed by atoms with Crippen molar-refractivity contribution in [3.8, 4) is 5.75 Å². The fraction of sp³-hybridized carbons (Fsp3) is 0.412. The fourth-order valence-electron chi connectivity index (χ4n) is 1.99. The summed E-state index contributed by atoms with van der Waals surface area (Å²) in [6, 6.07) is 6.97. The maximum atomic E-state index is 10.8. The smallest absolute Gasteiger partial charge is 0.218 e. The Labute approximate surface area is 147 Å². The first-order valence-corrected chi connectivity index (χ1v) is 7.83. The van der Waals surface area contributed by atoms with Crippen molar-refractivity contribution in [3.05, 3.63) is 35.7 Å². The highest BCUT2D eigenvalue weighted by Crippen LogP contribution is 2.14. The van der Waals surface area contributed by atoms with Crippen LogP contribution in [0.1, 0.15) is 18.9 Å². The van der Waals surface area contributed by atoms with Gasteiger partial charge in [0, 0.05) is 25.1 Å². The number of ether oxygens (including phenoxy) is 2. The number of carbonyl (C=O) groups excluding carboxylic acids is 2. The molecule has 0 bridgehead atoms. The van der Waals surface area contributed by atoms with E-state index in [1.54, 1.807) is 30.3 Å². The Balaban J connectivity index is 2.42. The van der Waals surface area contributed by atoms with Crippen LogP contribution in [0.2, 0.25) is 0 Å². The predicted octanol–water partition coefficient (Wildman–Crippen LogP) is -0.0294. The van der Waals surface area contributed by atoms with Crippen LogP contribution in [0.4, 0.5) is 0 Å². The molecule has 8 nitrogen and oxygen atoms in total. The Bertz CT molecular complexity index is 574. The lowest BCUT2D eigenvalue weighted by Gasteiger charge is -2.16. The number of nitrogens with two attached hydrogens (primary N) is 1. The van der Waals surface area contributed by atoms with Crippen LogP contribution in [-0.4, -0.2) is 49.8 Å². The van der Waals surface area contributed by atoms with Gasteiger partial charge in [-0.1, -0.05) is 12.1 Å². The Morgan fingerprint density at radius 3 is 2.60 bits per heavy atom. The van der Waals surface area contributed by atoms with Gasteiger partial charge in [-0.2, -0.15) is 0 Å². The van der Waals surface area contributed by atoms with Crippen LogP contribution in [0, 0.1) is 0 Å². The number of primary amides is 1. The van der Waals surface area contributed by atoms with E-state index < -0.39 is 6.10 Å². The molecule has 1 aromatic carbocycles. The molecule has 138 valence electrons. The predicted molar refractivity (Wildman–Crippen MR) is 93.4 cm³/mol. The Kier molecular flexibility index (Phi) is 9.05. The van der Waals surface area contributed by atoms with Crippen LogP contribution in [0.25, 0.3) is 6.08 Å². The quantitative estimate of drug-likeness (QED) is 0.310. The monoisotopic (exact) mass is 351 g/mol. The van der Waals surface area contributed by atoms with Crippen LogP contribution in [0.5, 0.6) is 5.75 Å². The fourth-order valence-corrected chi connectivity index (χ4v) is 1.99. The van der Waals surface area contributed by atoms with Gasteiger partial charge in [0.25, 0.3) is 0 Å². The summed E-state index contributed by atoms with van der Waals surface area (Å²) in [5.74, 6) is 0.541. The molecule has 0 aliphatic rings. The molecule has 1 aromatic rings. The molecular formula is C17H25N3O5. The molecule has 0 aliphatic heterocycles. The summed E-state index contributed by atoms with van der Waals surface area (Å²) in [6.07, 6.45) is 1.70. The van der Waals surface area contributed by atoms with Gasteiger partial charge in [-0.05, 0) is 24.6 Å². The molecule has 0 heterocycles. The SMILES string of the molecule is COC(=Cc1ccc(OCC(O)CNC(C)CC(N)=O)cc1)NC=O. The first-order chi connectivity index (χ1) is 11.9. The number of hydrogen-bond donors (Lipinski definition) is 4. The second-order valence-corrected chi connectivity index (χ2v) is 5.49. The average molecular weight is 351 g/mol. The van der Waals surface area contributed by atoms with E-state index in [-0.39, 0.29) is 25.0 Å². The summed E-state index contributed by atoms with van der Waals surface area (Å²) in [5, 5.41) is 15.3. The van der Waals surface area contributed by atoms with E-state index in [0.29, 0.717) is 24.6 Å². The number of amides is 2. The van der Waals surface area contributed by atoms with Gasteiger partial charge in [0.15, 0.2) is 5.88 Å². The zero-order chi connectivity index (χ0) is 18.7. The number of methoxy groups -OCH3 is 1. The number of hydrogen-bond acceptors (Lipinski definition) is 6. The van der Waals surface area contributed by atoms with Crippen molar-refractivity contribution in [2.75, 3.05) is 20.3 Å². The molecule has 5 N–H and O–H groups in total. The van der Waals surface area contributed by atoms with E-state index in [1.165, 1.54) is 7.11 Å². The van der Waals surface area contributed by atoms with Crippen LogP contribution in [0.3, 0.4) is 0 Å². The molecule has 0 radical (unpaired) electrons. The lowest BCUT2D eigenvalue weighted by Crippen LogP contribution is -2.38. The molecule has 2 amide bonds. The maximum absolute atomic E-state index is 10.8. The highest BCUT2D eigenvalue weighted by atomic mass is 16.5. The Hall–Kier alpha value is -2.58. The highest BCUT2D eigenvalue weighted by molar-refractivity contribution is 5.74. The Morgan fingerprint density at radius 1 is 1.36 bits per heavy atom. The van der Waals surface area contributed by atoms with E-state index in [0.717, 1.165) is 5.56 Å². The lowest BCUT2D eigenvalue weighted by atomic mass is 10.2. The number of carbonyl (C=O) groups is 2. The highest BCUT2D eigenvalue weighted by Gasteiger charge is 2.10. The van der Waals surface area contributed by atoms with E-state index >= 15 is 0 Å². The number of rotatable bonds is 12. The normalized spacial score (nSPS) is 13.6. The summed E-state index contributed by atoms with van der Waals surface area (Å²) in [5.41, 5.74) is 5.92. The zero-order valence-corrected chi connectivity index (χ0v) is 14.4. The molecule has 0 saturated heterocycles. The van der Waals surface area contributed by atoms with Crippen molar-refractivity contribution in [2.45, 2.75) is 25.5 Å². The van der Waals surface area contributed by atoms with Gasteiger partial charge in [0.2, 0.25) is 12.3 Å². The largest absolute Gasteiger partial charge is 0.491 e. The van der Waals surface area contributed by atoms with Crippen molar-refractivity contribution < 1.29 is 24.2 Å². The van der Waals surface area contributed by atoms with E-state index in [1.807, 2.05) is 6.92 Å². The lowest BCUT2D eigenvalue weighted by molar-refractivity contribution is -0.118. The van der Waals surface area contributed by atoms with Crippen LogP contribution >= 0.6 is 0 Å². The minimum Gasteiger partial charge on any atom is -0.491 e. The molecule has 0 fully saturated rings. The summed E-state index contributed by atoms with van der Waals surface area (Å²) in [7, 11) is 1.46. The van der Waals surface area contributed by atoms with Crippen molar-refractivity contribution >= 4 is 18.4 Å². The topological polar surface area (TPSA) is 123 Å². The number of benzene rings is 1. The van der Waals surface area contributed by atoms with E-state index in [4.69, 9.17) is 15.2 Å². The summed E-state index contributed by atoms with van der Waals surface area (Å²) in [4.78, 5) is 21.2. The Morgan fingerprint density at radius 2 is 2.04 bits per heavy atom. The van der Waals surface area contributed by atoms with Gasteiger partial charge < -0.3 is 25.6 Å². The molecule has 0 aromatic heterocycles. The van der Waals surface area contributed by atoms with Gasteiger partial charge in [-0.15, -0.1) is 0 Å². The molecule has 2 unspecified atom stereocenters. The molecule has 0 aliphatic carbocycles. The third-order valence-electron chi connectivity index (χ3n) is 3.25. The molecular weight excluding hydrogens is 326 g/mol. The first-order valence-electron chi connectivity index (χ1n) is 7.83. The van der Waals surface area contributed by atoms with Gasteiger partial charge in [0.05, 0.1) is 7.11 Å². The number of nitrogens with one attached hydrogen (secondary N) is 2. The van der Waals surface area contributed by atoms with Crippen LogP contribution < -0.4 is 21.1 Å². The third kappa shape index (κ3) is 8.73. The molecule has 8 heteroatoms. The summed E-state index contributed by atoms with van der Waals surface area (Å²) in [6.45, 7) is 2.23. The minimum atomic E-state index is -0.716. The third-order valence-corrected chi connectivity index (χ3v) is 3.25. The van der Waals surface area contributed by atoms with Gasteiger partial charge in [0.1, 0.15) is 18.5 Å². The second-order valence-electron chi connectivity index (χ2n) is 5.49. The molecule has 2 atom stereocenters. The summed E-state index contributed by atoms with van der Waals surface area (Å²) >= 11 is 0. The van der Waals surface area contributed by atoms with Gasteiger partial charge >= 0.3 is 0 Å². The van der Waals surface area contributed by atoms with Crippen molar-refractivity contribution in [1.82, 2.24) is 10.6 Å². The first kappa shape index (κ1) is 20.5. The maximum Gasteiger partial charge on any atom is 0.218 e. The zero-order valence-electron chi connectivity index (χ0n) is 14.4. The molecule has 25 heavy (non-hydrogen) atoms. The average Bonchev–Trinajstić information content (AvgIpc) is 2.58. The number of aliphatic hydroxyl groups is 1.